The van der Waals surface area contributed by atoms with E-state index in [0.29, 0.717) is 125 Å². The number of unbranched alkanes of at least 4 members (excludes halogenated alkanes) is 10. The van der Waals surface area contributed by atoms with Gasteiger partial charge in [-0.3, -0.25) is 32.2 Å². The van der Waals surface area contributed by atoms with E-state index in [1.54, 1.807) is 0 Å². The first-order valence-corrected chi connectivity index (χ1v) is 44.8. The predicted octanol–water partition coefficient (Wildman–Crippen LogP) is 4.62. The molecule has 2 heterocycles. The van der Waals surface area contributed by atoms with Crippen molar-refractivity contribution in [2.75, 3.05) is 160 Å². The summed E-state index contributed by atoms with van der Waals surface area (Å²) in [5.74, 6) is -0.939. The summed E-state index contributed by atoms with van der Waals surface area (Å²) < 4.78 is 164. The van der Waals surface area contributed by atoms with E-state index in [1.807, 2.05) is 0 Å². The molecule has 18 atom stereocenters. The van der Waals surface area contributed by atoms with E-state index in [0.717, 1.165) is 0 Å². The molecule has 0 radical (unpaired) electrons. The van der Waals surface area contributed by atoms with Crippen LogP contribution in [0.25, 0.3) is 0 Å². The second kappa shape index (κ2) is 60.2. The maximum atomic E-state index is 13.7. The fourth-order valence-electron chi connectivity index (χ4n) is 9.83. The average molecular weight is 1660 g/mol. The van der Waals surface area contributed by atoms with Gasteiger partial charge in [-0.05, 0) is 77.6 Å². The molecule has 622 valence electrons. The lowest BCUT2D eigenvalue weighted by molar-refractivity contribution is -0.295. The highest BCUT2D eigenvalue weighted by molar-refractivity contribution is 8.53. The highest BCUT2D eigenvalue weighted by Crippen LogP contribution is 2.62. The first-order valence-electron chi connectivity index (χ1n) is 35.0. The van der Waals surface area contributed by atoms with E-state index in [4.69, 9.17) is 87.4 Å². The quantitative estimate of drug-likeness (QED) is 0.0171. The molecule has 0 bridgehead atoms. The molecule has 45 heteroatoms. The van der Waals surface area contributed by atoms with Crippen LogP contribution in [0.1, 0.15) is 130 Å². The topological polar surface area (TPSA) is 513 Å². The van der Waals surface area contributed by atoms with Crippen molar-refractivity contribution in [2.24, 2.45) is 5.41 Å². The van der Waals surface area contributed by atoms with E-state index >= 15 is 0 Å². The lowest BCUT2D eigenvalue weighted by atomic mass is 9.92. The maximum absolute atomic E-state index is 13.7. The molecule has 0 aliphatic carbocycles. The first kappa shape index (κ1) is 101. The van der Waals surface area contributed by atoms with Gasteiger partial charge >= 0.3 is 28.6 Å². The van der Waals surface area contributed by atoms with E-state index in [1.165, 1.54) is 42.1 Å². The molecular formula is C60H119N2O36P4S3+. The van der Waals surface area contributed by atoms with Gasteiger partial charge in [-0.2, -0.15) is 0 Å². The molecular weight excluding hydrogens is 1540 g/mol. The van der Waals surface area contributed by atoms with Crippen LogP contribution in [0.2, 0.25) is 0 Å². The Morgan fingerprint density at radius 3 is 1.22 bits per heavy atom. The Morgan fingerprint density at radius 1 is 0.486 bits per heavy atom. The van der Waals surface area contributed by atoms with Crippen LogP contribution in [-0.4, -0.2) is 303 Å². The monoisotopic (exact) mass is 1660 g/mol. The fourth-order valence-corrected chi connectivity index (χ4v) is 16.6. The van der Waals surface area contributed by atoms with Gasteiger partial charge in [-0.15, -0.1) is 9.05 Å². The smallest absolute Gasteiger partial charge is 0.394 e. The largest absolute Gasteiger partial charge is 0.697 e. The summed E-state index contributed by atoms with van der Waals surface area (Å²) in [6, 6.07) is -2.11. The Hall–Kier alpha value is -0.420. The summed E-state index contributed by atoms with van der Waals surface area (Å²) >= 11 is 1.44. The highest BCUT2D eigenvalue weighted by Gasteiger charge is 2.47. The van der Waals surface area contributed by atoms with Crippen molar-refractivity contribution in [3.63, 3.8) is 0 Å². The molecule has 2 aliphatic heterocycles. The van der Waals surface area contributed by atoms with E-state index < -0.39 is 146 Å². The molecule has 2 saturated heterocycles. The third-order valence-electron chi connectivity index (χ3n) is 15.2. The minimum atomic E-state index is -4.02. The van der Waals surface area contributed by atoms with Crippen molar-refractivity contribution in [1.29, 1.82) is 0 Å². The van der Waals surface area contributed by atoms with Gasteiger partial charge in [0.25, 0.3) is 6.48 Å². The van der Waals surface area contributed by atoms with Crippen LogP contribution in [0.5, 0.6) is 0 Å². The standard InChI is InChI=1S/C60H118N2O36P4S3/c1-45(66)48(38-63)98-59(73)88-30-15-9-12-18-35-93-102(78,105-81-6)95-37-23-27-85-44-60(41-82-24-19-20-33-91-100(75,76)103-79-4,42-83-25-21-32-90-99(74)89-31-16-10-7-13-28-86-57-51(61-46(2)67)55(71)53(69)49(39-64)96-57)43-84-26-22-36-94-101(77,104-80-5)92-34-17-11-8-14-29-87-58-52(62-47(3)68)56(72)54(70)50(40-65)97-58/h45,48-59,63-66,69-73H,7-44H2,1-6H3,(H2-,61,62,67,68,75,76)/p+1/t45-,48?,49?,50?,51?,52?,53?,54?,55?,56?,57?,58?,59-,60?,101?,102?/m1/s1. The SMILES string of the molecule is COSP(=O)(O)OCCCCOCC(COCCCO[P+](=O)OCCCCCCOC1OC(CO)C(O)C(O)C1NC(C)=O)(COCCCOP(=O)(OCCCCCCOC1OC(CO)C(O)C(O)C1NC(C)=O)SOC)COCCCOP(=O)(OCCCCCCO[C@@H](O)OC(CO)[C@@H](C)O)SOC. The summed E-state index contributed by atoms with van der Waals surface area (Å²) in [7, 11) is 1.42. The fraction of sp³-hybridized carbons (Fsp3) is 0.967. The molecule has 0 saturated carbocycles. The van der Waals surface area contributed by atoms with Gasteiger partial charge in [-0.1, -0.05) is 38.5 Å². The molecule has 38 nitrogen and oxygen atoms in total. The molecule has 2 amide bonds. The van der Waals surface area contributed by atoms with Gasteiger partial charge in [0.05, 0.1) is 119 Å². The summed E-state index contributed by atoms with van der Waals surface area (Å²) in [5.41, 5.74) is -1.01. The molecule has 0 aromatic rings. The number of hydrogen-bond acceptors (Lipinski definition) is 38. The van der Waals surface area contributed by atoms with Crippen molar-refractivity contribution in [2.45, 2.75) is 210 Å². The summed E-state index contributed by atoms with van der Waals surface area (Å²) in [6.07, 6.45) is -3.55. The number of amides is 2. The van der Waals surface area contributed by atoms with Crippen LogP contribution in [0.3, 0.4) is 0 Å². The Kier molecular flexibility index (Phi) is 57.7. The van der Waals surface area contributed by atoms with Crippen molar-refractivity contribution >= 4 is 75.4 Å². The third-order valence-corrected chi connectivity index (χ3v) is 24.1. The van der Waals surface area contributed by atoms with Crippen molar-refractivity contribution < 1.29 is 170 Å². The number of hydrogen-bond donors (Lipinski definition) is 12. The number of ether oxygens (including phenoxy) is 10. The molecule has 12 N–H and O–H groups in total. The minimum Gasteiger partial charge on any atom is -0.394 e. The van der Waals surface area contributed by atoms with Gasteiger partial charge in [0.2, 0.25) is 11.8 Å². The van der Waals surface area contributed by atoms with Gasteiger partial charge in [0.15, 0.2) is 12.6 Å². The van der Waals surface area contributed by atoms with Crippen molar-refractivity contribution in [3.8, 4) is 0 Å². The van der Waals surface area contributed by atoms with Crippen LogP contribution in [0.15, 0.2) is 0 Å². The molecule has 2 aliphatic rings. The van der Waals surface area contributed by atoms with E-state index in [9.17, 15) is 78.7 Å². The Morgan fingerprint density at radius 2 is 0.829 bits per heavy atom. The molecule has 16 unspecified atom stereocenters. The third kappa shape index (κ3) is 45.9. The van der Waals surface area contributed by atoms with Crippen molar-refractivity contribution in [3.05, 3.63) is 0 Å². The van der Waals surface area contributed by atoms with Crippen LogP contribution < -0.4 is 10.6 Å². The zero-order valence-corrected chi connectivity index (χ0v) is 67.0. The molecule has 2 rings (SSSR count). The van der Waals surface area contributed by atoms with Crippen molar-refractivity contribution in [1.82, 2.24) is 10.6 Å². The predicted molar refractivity (Wildman–Crippen MR) is 381 cm³/mol. The van der Waals surface area contributed by atoms with Gasteiger partial charge in [0.1, 0.15) is 103 Å². The lowest BCUT2D eigenvalue weighted by Crippen LogP contribution is -2.64. The second-order valence-corrected chi connectivity index (χ2v) is 36.1. The number of nitrogens with one attached hydrogen (secondary N) is 2. The summed E-state index contributed by atoms with van der Waals surface area (Å²) in [4.78, 5) is 33.4. The van der Waals surface area contributed by atoms with Crippen LogP contribution in [0, 0.1) is 5.41 Å². The van der Waals surface area contributed by atoms with Crippen LogP contribution in [0.4, 0.5) is 0 Å². The minimum absolute atomic E-state index is 0.00276. The van der Waals surface area contributed by atoms with Gasteiger partial charge in [0, 0.05) is 58.1 Å². The maximum Gasteiger partial charge on any atom is 0.697 e. The lowest BCUT2D eigenvalue weighted by Gasteiger charge is -2.42. The first-order chi connectivity index (χ1) is 50.3. The number of rotatable bonds is 70. The zero-order chi connectivity index (χ0) is 77.8. The van der Waals surface area contributed by atoms with E-state index in [-0.39, 0.29) is 138 Å². The summed E-state index contributed by atoms with van der Waals surface area (Å²) in [5, 5.41) is 94.6. The number of aliphatic hydroxyl groups excluding tert-OH is 9. The zero-order valence-electron chi connectivity index (χ0n) is 61.0. The van der Waals surface area contributed by atoms with Gasteiger partial charge in [-0.25, -0.2) is 13.7 Å². The Balaban J connectivity index is 2.06. The van der Waals surface area contributed by atoms with Crippen LogP contribution >= 0.6 is 63.6 Å². The van der Waals surface area contributed by atoms with E-state index in [2.05, 4.69) is 14.8 Å². The number of carbonyl (C=O) groups excluding carboxylic acids is 2. The van der Waals surface area contributed by atoms with Crippen LogP contribution in [-0.2, 0) is 119 Å². The number of carbonyl (C=O) groups is 2. The molecule has 0 aromatic carbocycles. The highest BCUT2D eigenvalue weighted by atomic mass is 32.7. The Labute approximate surface area is 628 Å². The van der Waals surface area contributed by atoms with Gasteiger partial charge < -0.3 is 121 Å². The summed E-state index contributed by atoms with van der Waals surface area (Å²) in [6.45, 7) is -9.95. The second-order valence-electron chi connectivity index (χ2n) is 24.2. The molecule has 105 heavy (non-hydrogen) atoms. The Bertz CT molecular complexity index is 2390. The molecule has 0 aromatic heterocycles. The molecule has 0 spiro atoms. The molecule has 2 fully saturated rings. The normalized spacial score (nSPS) is 24.1. The average Bonchev–Trinajstić information content (AvgIpc) is 0.821. The number of aliphatic hydroxyl groups is 9.